The van der Waals surface area contributed by atoms with Gasteiger partial charge >= 0.3 is 0 Å². The molecule has 7 heteroatoms. The van der Waals surface area contributed by atoms with Crippen molar-refractivity contribution in [2.24, 2.45) is 0 Å². The molecule has 1 aromatic heterocycles. The molecule has 2 rings (SSSR count). The van der Waals surface area contributed by atoms with Crippen LogP contribution in [0.1, 0.15) is 11.3 Å². The van der Waals surface area contributed by atoms with Gasteiger partial charge in [-0.3, -0.25) is 0 Å². The number of benzene rings is 1. The summed E-state index contributed by atoms with van der Waals surface area (Å²) < 4.78 is 31.8. The average Bonchev–Trinajstić information content (AvgIpc) is 2.88. The second-order valence-electron chi connectivity index (χ2n) is 4.27. The fraction of sp³-hybridized carbons (Fsp3) is 0.231. The van der Waals surface area contributed by atoms with Gasteiger partial charge in [0.25, 0.3) is 10.0 Å². The Hall–Kier alpha value is -1.15. The Bertz CT molecular complexity index is 696. The van der Waals surface area contributed by atoms with E-state index < -0.39 is 10.0 Å². The van der Waals surface area contributed by atoms with E-state index in [1.54, 1.807) is 0 Å². The van der Waals surface area contributed by atoms with E-state index in [9.17, 15) is 8.42 Å². The van der Waals surface area contributed by atoms with Crippen molar-refractivity contribution in [3.05, 3.63) is 52.2 Å². The van der Waals surface area contributed by atoms with Gasteiger partial charge in [-0.05, 0) is 29.8 Å². The van der Waals surface area contributed by atoms with Crippen molar-refractivity contribution in [1.82, 2.24) is 4.31 Å². The van der Waals surface area contributed by atoms with E-state index in [1.807, 2.05) is 24.3 Å². The number of nitrogens with zero attached hydrogens (tertiary/aromatic N) is 1. The highest BCUT2D eigenvalue weighted by molar-refractivity contribution is 9.10. The molecule has 20 heavy (non-hydrogen) atoms. The van der Waals surface area contributed by atoms with Crippen LogP contribution in [0.2, 0.25) is 0 Å². The third-order valence-corrected chi connectivity index (χ3v) is 4.92. The highest BCUT2D eigenvalue weighted by Crippen LogP contribution is 2.20. The molecule has 0 aliphatic heterocycles. The number of halogens is 1. The number of rotatable bonds is 5. The van der Waals surface area contributed by atoms with Gasteiger partial charge in [0.1, 0.15) is 12.4 Å². The molecule has 5 nitrogen and oxygen atoms in total. The molecule has 0 aliphatic rings. The second kappa shape index (κ2) is 6.09. The van der Waals surface area contributed by atoms with Gasteiger partial charge in [0.05, 0.1) is 0 Å². The van der Waals surface area contributed by atoms with Gasteiger partial charge in [-0.2, -0.15) is 4.31 Å². The molecule has 1 aromatic carbocycles. The summed E-state index contributed by atoms with van der Waals surface area (Å²) in [6.07, 6.45) is 0. The minimum atomic E-state index is -3.70. The first kappa shape index (κ1) is 15.2. The molecule has 0 spiro atoms. The molecular formula is C13H14BrNO4S. The fourth-order valence-electron chi connectivity index (χ4n) is 1.71. The standard InChI is InChI=1S/C13H14BrNO4S/c1-15(8-10-3-2-4-11(14)7-10)20(17,18)13-6-5-12(9-16)19-13/h2-7,16H,8-9H2,1H3. The largest absolute Gasteiger partial charge is 0.446 e. The highest BCUT2D eigenvalue weighted by atomic mass is 79.9. The molecule has 108 valence electrons. The van der Waals surface area contributed by atoms with Crippen molar-refractivity contribution in [2.75, 3.05) is 7.05 Å². The van der Waals surface area contributed by atoms with E-state index in [0.717, 1.165) is 10.0 Å². The third kappa shape index (κ3) is 3.29. The lowest BCUT2D eigenvalue weighted by Crippen LogP contribution is -2.26. The van der Waals surface area contributed by atoms with Crippen LogP contribution in [-0.4, -0.2) is 24.9 Å². The van der Waals surface area contributed by atoms with Gasteiger partial charge < -0.3 is 9.52 Å². The van der Waals surface area contributed by atoms with Crippen molar-refractivity contribution < 1.29 is 17.9 Å². The van der Waals surface area contributed by atoms with E-state index in [0.29, 0.717) is 0 Å². The summed E-state index contributed by atoms with van der Waals surface area (Å²) in [5, 5.41) is 8.75. The first-order valence-corrected chi connectivity index (χ1v) is 8.07. The van der Waals surface area contributed by atoms with Crippen LogP contribution in [0.4, 0.5) is 0 Å². The van der Waals surface area contributed by atoms with E-state index in [1.165, 1.54) is 23.5 Å². The molecule has 2 aromatic rings. The van der Waals surface area contributed by atoms with Crippen molar-refractivity contribution in [3.63, 3.8) is 0 Å². The number of hydrogen-bond acceptors (Lipinski definition) is 4. The van der Waals surface area contributed by atoms with E-state index in [-0.39, 0.29) is 24.0 Å². The Morgan fingerprint density at radius 1 is 1.30 bits per heavy atom. The monoisotopic (exact) mass is 359 g/mol. The second-order valence-corrected chi connectivity index (χ2v) is 7.16. The smallest absolute Gasteiger partial charge is 0.276 e. The van der Waals surface area contributed by atoms with Crippen LogP contribution in [0.25, 0.3) is 0 Å². The summed E-state index contributed by atoms with van der Waals surface area (Å²) in [6, 6.07) is 10.2. The van der Waals surface area contributed by atoms with E-state index in [2.05, 4.69) is 15.9 Å². The lowest BCUT2D eigenvalue weighted by atomic mass is 10.2. The molecule has 0 radical (unpaired) electrons. The molecule has 0 amide bonds. The van der Waals surface area contributed by atoms with Crippen LogP contribution in [-0.2, 0) is 23.2 Å². The maximum atomic E-state index is 12.3. The number of aliphatic hydroxyl groups excluding tert-OH is 1. The topological polar surface area (TPSA) is 70.8 Å². The maximum absolute atomic E-state index is 12.3. The molecule has 0 atom stereocenters. The number of sulfonamides is 1. The van der Waals surface area contributed by atoms with E-state index in [4.69, 9.17) is 9.52 Å². The Morgan fingerprint density at radius 2 is 2.05 bits per heavy atom. The zero-order valence-corrected chi connectivity index (χ0v) is 13.2. The van der Waals surface area contributed by atoms with Gasteiger partial charge in [0.15, 0.2) is 0 Å². The number of aliphatic hydroxyl groups is 1. The quantitative estimate of drug-likeness (QED) is 0.889. The SMILES string of the molecule is CN(Cc1cccc(Br)c1)S(=O)(=O)c1ccc(CO)o1. The summed E-state index contributed by atoms with van der Waals surface area (Å²) in [4.78, 5) is 0. The summed E-state index contributed by atoms with van der Waals surface area (Å²) >= 11 is 3.35. The third-order valence-electron chi connectivity index (χ3n) is 2.75. The zero-order valence-electron chi connectivity index (χ0n) is 10.8. The molecule has 1 heterocycles. The molecule has 0 saturated carbocycles. The molecule has 1 N–H and O–H groups in total. The number of hydrogen-bond donors (Lipinski definition) is 1. The minimum Gasteiger partial charge on any atom is -0.446 e. The van der Waals surface area contributed by atoms with Crippen molar-refractivity contribution >= 4 is 26.0 Å². The van der Waals surface area contributed by atoms with Crippen molar-refractivity contribution in [2.45, 2.75) is 18.2 Å². The molecule has 0 unspecified atom stereocenters. The van der Waals surface area contributed by atoms with Crippen LogP contribution in [0.3, 0.4) is 0 Å². The van der Waals surface area contributed by atoms with Crippen molar-refractivity contribution in [1.29, 1.82) is 0 Å². The Labute approximate surface area is 126 Å². The van der Waals surface area contributed by atoms with Crippen LogP contribution in [0.15, 0.2) is 50.4 Å². The average molecular weight is 360 g/mol. The van der Waals surface area contributed by atoms with Crippen LogP contribution < -0.4 is 0 Å². The summed E-state index contributed by atoms with van der Waals surface area (Å²) in [5.41, 5.74) is 0.861. The van der Waals surface area contributed by atoms with Crippen molar-refractivity contribution in [3.8, 4) is 0 Å². The Kier molecular flexibility index (Phi) is 4.64. The normalized spacial score (nSPS) is 12.0. The van der Waals surface area contributed by atoms with Gasteiger partial charge in [-0.1, -0.05) is 28.1 Å². The first-order valence-electron chi connectivity index (χ1n) is 5.84. The first-order chi connectivity index (χ1) is 9.43. The molecule has 0 saturated heterocycles. The maximum Gasteiger partial charge on any atom is 0.276 e. The highest BCUT2D eigenvalue weighted by Gasteiger charge is 2.24. The lowest BCUT2D eigenvalue weighted by Gasteiger charge is -2.15. The predicted molar refractivity (Wildman–Crippen MR) is 77.4 cm³/mol. The Balaban J connectivity index is 2.21. The lowest BCUT2D eigenvalue weighted by molar-refractivity contribution is 0.235. The summed E-state index contributed by atoms with van der Waals surface area (Å²) in [7, 11) is -2.22. The minimum absolute atomic E-state index is 0.168. The van der Waals surface area contributed by atoms with Gasteiger partial charge in [0.2, 0.25) is 5.09 Å². The van der Waals surface area contributed by atoms with Crippen LogP contribution >= 0.6 is 15.9 Å². The van der Waals surface area contributed by atoms with Crippen LogP contribution in [0.5, 0.6) is 0 Å². The van der Waals surface area contributed by atoms with Gasteiger partial charge in [-0.15, -0.1) is 0 Å². The van der Waals surface area contributed by atoms with Crippen LogP contribution in [0, 0.1) is 0 Å². The fourth-order valence-corrected chi connectivity index (χ4v) is 3.24. The van der Waals surface area contributed by atoms with Gasteiger partial charge in [-0.25, -0.2) is 8.42 Å². The summed E-state index contributed by atoms with van der Waals surface area (Å²) in [6.45, 7) is -0.0954. The Morgan fingerprint density at radius 3 is 2.65 bits per heavy atom. The molecule has 0 fully saturated rings. The van der Waals surface area contributed by atoms with Gasteiger partial charge in [0, 0.05) is 18.1 Å². The number of furan rings is 1. The summed E-state index contributed by atoms with van der Waals surface area (Å²) in [5.74, 6) is 0.222. The molecule has 0 bridgehead atoms. The van der Waals surface area contributed by atoms with E-state index >= 15 is 0 Å². The molecule has 0 aliphatic carbocycles. The zero-order chi connectivity index (χ0) is 14.8. The predicted octanol–water partition coefficient (Wildman–Crippen LogP) is 2.36. The molecular weight excluding hydrogens is 346 g/mol.